The van der Waals surface area contributed by atoms with Crippen molar-refractivity contribution in [1.29, 1.82) is 0 Å². The van der Waals surface area contributed by atoms with Gasteiger partial charge < -0.3 is 4.90 Å². The Bertz CT molecular complexity index is 389. The number of amides is 1. The standard InChI is InChI=1S/C10H15FN4OS/c1-8-9(17-13-12-8)10(16)15-6-4-14(3-2-11)5-7-15/h2-7H2,1H3. The van der Waals surface area contributed by atoms with E-state index in [2.05, 4.69) is 9.59 Å². The van der Waals surface area contributed by atoms with Crippen LogP contribution in [0.15, 0.2) is 0 Å². The molecule has 0 saturated carbocycles. The summed E-state index contributed by atoms with van der Waals surface area (Å²) in [5, 5.41) is 3.84. The number of carbonyl (C=O) groups excluding carboxylic acids is 1. The Labute approximate surface area is 103 Å². The largest absolute Gasteiger partial charge is 0.335 e. The van der Waals surface area contributed by atoms with Gasteiger partial charge >= 0.3 is 0 Å². The molecule has 17 heavy (non-hydrogen) atoms. The molecular weight excluding hydrogens is 243 g/mol. The van der Waals surface area contributed by atoms with E-state index < -0.39 is 0 Å². The molecule has 0 aliphatic carbocycles. The van der Waals surface area contributed by atoms with Gasteiger partial charge in [-0.25, -0.2) is 4.39 Å². The minimum Gasteiger partial charge on any atom is -0.335 e. The number of alkyl halides is 1. The van der Waals surface area contributed by atoms with Crippen LogP contribution >= 0.6 is 11.5 Å². The Hall–Kier alpha value is -1.08. The van der Waals surface area contributed by atoms with E-state index in [1.54, 1.807) is 11.8 Å². The lowest BCUT2D eigenvalue weighted by atomic mass is 10.2. The fourth-order valence-corrected chi connectivity index (χ4v) is 2.49. The number of hydrogen-bond donors (Lipinski definition) is 0. The SMILES string of the molecule is Cc1nnsc1C(=O)N1CCN(CCF)CC1. The van der Waals surface area contributed by atoms with Gasteiger partial charge in [-0.1, -0.05) is 4.49 Å². The van der Waals surface area contributed by atoms with Crippen molar-refractivity contribution < 1.29 is 9.18 Å². The van der Waals surface area contributed by atoms with Gasteiger partial charge in [0.05, 0.1) is 5.69 Å². The van der Waals surface area contributed by atoms with Gasteiger partial charge in [0.2, 0.25) is 0 Å². The fourth-order valence-electron chi connectivity index (χ4n) is 1.87. The van der Waals surface area contributed by atoms with Crippen LogP contribution in [0, 0.1) is 6.92 Å². The highest BCUT2D eigenvalue weighted by Gasteiger charge is 2.24. The molecule has 0 spiro atoms. The smallest absolute Gasteiger partial charge is 0.267 e. The first-order valence-electron chi connectivity index (χ1n) is 5.59. The maximum atomic E-state index is 12.2. The van der Waals surface area contributed by atoms with Crippen LogP contribution in [0.1, 0.15) is 15.4 Å². The monoisotopic (exact) mass is 258 g/mol. The van der Waals surface area contributed by atoms with Crippen LogP contribution in [-0.4, -0.2) is 64.7 Å². The third kappa shape index (κ3) is 2.78. The zero-order valence-electron chi connectivity index (χ0n) is 9.73. The normalized spacial score (nSPS) is 17.4. The van der Waals surface area contributed by atoms with Gasteiger partial charge in [0.15, 0.2) is 0 Å². The quantitative estimate of drug-likeness (QED) is 0.795. The first-order chi connectivity index (χ1) is 8.22. The Balaban J connectivity index is 1.93. The van der Waals surface area contributed by atoms with Gasteiger partial charge in [-0.15, -0.1) is 5.10 Å². The number of hydrogen-bond acceptors (Lipinski definition) is 5. The zero-order valence-corrected chi connectivity index (χ0v) is 10.5. The van der Waals surface area contributed by atoms with Gasteiger partial charge in [0.25, 0.3) is 5.91 Å². The van der Waals surface area contributed by atoms with Crippen LogP contribution in [0.25, 0.3) is 0 Å². The molecule has 1 fully saturated rings. The predicted octanol–water partition coefficient (Wildman–Crippen LogP) is 0.574. The average molecular weight is 258 g/mol. The van der Waals surface area contributed by atoms with E-state index in [-0.39, 0.29) is 12.6 Å². The minimum atomic E-state index is -0.328. The lowest BCUT2D eigenvalue weighted by molar-refractivity contribution is 0.0634. The second-order valence-corrected chi connectivity index (χ2v) is 4.76. The summed E-state index contributed by atoms with van der Waals surface area (Å²) in [6.07, 6.45) is 0. The second kappa shape index (κ2) is 5.50. The van der Waals surface area contributed by atoms with Gasteiger partial charge in [-0.05, 0) is 18.5 Å². The summed E-state index contributed by atoms with van der Waals surface area (Å²) in [6.45, 7) is 4.69. The highest BCUT2D eigenvalue weighted by Crippen LogP contribution is 2.14. The van der Waals surface area contributed by atoms with Gasteiger partial charge in [-0.2, -0.15) is 0 Å². The molecule has 1 aliphatic rings. The number of rotatable bonds is 3. The van der Waals surface area contributed by atoms with Crippen LogP contribution < -0.4 is 0 Å². The van der Waals surface area contributed by atoms with E-state index in [1.807, 2.05) is 4.90 Å². The van der Waals surface area contributed by atoms with Crippen LogP contribution in [0.4, 0.5) is 4.39 Å². The summed E-state index contributed by atoms with van der Waals surface area (Å²) in [5.74, 6) is -0.00241. The van der Waals surface area contributed by atoms with Crippen LogP contribution in [0.2, 0.25) is 0 Å². The first kappa shape index (κ1) is 12.4. The molecule has 1 amide bonds. The molecule has 5 nitrogen and oxygen atoms in total. The summed E-state index contributed by atoms with van der Waals surface area (Å²) in [5.41, 5.74) is 0.686. The molecule has 94 valence electrons. The van der Waals surface area contributed by atoms with Crippen molar-refractivity contribution in [1.82, 2.24) is 19.4 Å². The lowest BCUT2D eigenvalue weighted by Crippen LogP contribution is -2.49. The van der Waals surface area contributed by atoms with Crippen LogP contribution in [0.5, 0.6) is 0 Å². The molecule has 1 aliphatic heterocycles. The van der Waals surface area contributed by atoms with Crippen molar-refractivity contribution in [3.63, 3.8) is 0 Å². The molecule has 0 aromatic carbocycles. The molecule has 0 bridgehead atoms. The summed E-state index contributed by atoms with van der Waals surface area (Å²) in [4.78, 5) is 16.5. The zero-order chi connectivity index (χ0) is 12.3. The van der Waals surface area contributed by atoms with Crippen LogP contribution in [-0.2, 0) is 0 Å². The molecule has 0 unspecified atom stereocenters. The minimum absolute atomic E-state index is 0.00241. The predicted molar refractivity (Wildman–Crippen MR) is 63.0 cm³/mol. The summed E-state index contributed by atoms with van der Waals surface area (Å²) in [6, 6.07) is 0. The van der Waals surface area contributed by atoms with E-state index >= 15 is 0 Å². The summed E-state index contributed by atoms with van der Waals surface area (Å²) >= 11 is 1.14. The third-order valence-electron chi connectivity index (χ3n) is 2.91. The molecule has 1 aromatic rings. The van der Waals surface area contributed by atoms with Crippen molar-refractivity contribution in [2.75, 3.05) is 39.4 Å². The molecule has 0 radical (unpaired) electrons. The van der Waals surface area contributed by atoms with Crippen molar-refractivity contribution in [3.8, 4) is 0 Å². The highest BCUT2D eigenvalue weighted by atomic mass is 32.1. The number of carbonyl (C=O) groups is 1. The second-order valence-electron chi connectivity index (χ2n) is 4.01. The molecule has 2 heterocycles. The summed E-state index contributed by atoms with van der Waals surface area (Å²) < 4.78 is 15.9. The molecular formula is C10H15FN4OS. The molecule has 1 aromatic heterocycles. The van der Waals surface area contributed by atoms with E-state index in [4.69, 9.17) is 0 Å². The van der Waals surface area contributed by atoms with Crippen molar-refractivity contribution >= 4 is 17.4 Å². The molecule has 0 N–H and O–H groups in total. The molecule has 1 saturated heterocycles. The van der Waals surface area contributed by atoms with Crippen LogP contribution in [0.3, 0.4) is 0 Å². The number of piperazine rings is 1. The van der Waals surface area contributed by atoms with Crippen molar-refractivity contribution in [2.24, 2.45) is 0 Å². The number of aromatic nitrogens is 2. The number of nitrogens with zero attached hydrogens (tertiary/aromatic N) is 4. The summed E-state index contributed by atoms with van der Waals surface area (Å²) in [7, 11) is 0. The molecule has 2 rings (SSSR count). The Morgan fingerprint density at radius 3 is 2.65 bits per heavy atom. The van der Waals surface area contributed by atoms with Gasteiger partial charge in [-0.3, -0.25) is 9.69 Å². The molecule has 0 atom stereocenters. The van der Waals surface area contributed by atoms with E-state index in [0.29, 0.717) is 30.2 Å². The number of aryl methyl sites for hydroxylation is 1. The Kier molecular flexibility index (Phi) is 4.01. The number of halogens is 1. The fraction of sp³-hybridized carbons (Fsp3) is 0.700. The molecule has 7 heteroatoms. The average Bonchev–Trinajstić information content (AvgIpc) is 2.76. The third-order valence-corrected chi connectivity index (χ3v) is 3.72. The van der Waals surface area contributed by atoms with Crippen molar-refractivity contribution in [2.45, 2.75) is 6.92 Å². The Morgan fingerprint density at radius 2 is 2.12 bits per heavy atom. The van der Waals surface area contributed by atoms with Gasteiger partial charge in [0, 0.05) is 32.7 Å². The van der Waals surface area contributed by atoms with E-state index in [9.17, 15) is 9.18 Å². The van der Waals surface area contributed by atoms with E-state index in [0.717, 1.165) is 24.6 Å². The lowest BCUT2D eigenvalue weighted by Gasteiger charge is -2.33. The highest BCUT2D eigenvalue weighted by molar-refractivity contribution is 7.07. The first-order valence-corrected chi connectivity index (χ1v) is 6.36. The Morgan fingerprint density at radius 1 is 1.41 bits per heavy atom. The van der Waals surface area contributed by atoms with E-state index in [1.165, 1.54) is 0 Å². The van der Waals surface area contributed by atoms with Gasteiger partial charge in [0.1, 0.15) is 11.6 Å². The topological polar surface area (TPSA) is 49.3 Å². The maximum absolute atomic E-state index is 12.2. The van der Waals surface area contributed by atoms with Crippen molar-refractivity contribution in [3.05, 3.63) is 10.6 Å². The maximum Gasteiger partial charge on any atom is 0.267 e.